The predicted molar refractivity (Wildman–Crippen MR) is 111 cm³/mol. The van der Waals surface area contributed by atoms with Gasteiger partial charge in [0, 0.05) is 29.3 Å². The Labute approximate surface area is 186 Å². The van der Waals surface area contributed by atoms with Gasteiger partial charge in [0.1, 0.15) is 31.5 Å². The molecule has 13 heteroatoms. The Morgan fingerprint density at radius 2 is 1.97 bits per heavy atom. The van der Waals surface area contributed by atoms with Crippen molar-refractivity contribution in [3.8, 4) is 0 Å². The maximum absolute atomic E-state index is 12.0. The summed E-state index contributed by atoms with van der Waals surface area (Å²) in [5.74, 6) is -0.492. The SMILES string of the molecule is Cc1cn([C@@H]2O[C@H](COC(=O)OCC(C)c3ccccc3[N+](=O)[O-])C(O)C2O)c(=O)[nH]c1=O. The number of ether oxygens (including phenoxy) is 3. The van der Waals surface area contributed by atoms with E-state index in [0.717, 1.165) is 4.57 Å². The summed E-state index contributed by atoms with van der Waals surface area (Å²) < 4.78 is 16.3. The molecule has 1 saturated heterocycles. The molecule has 1 aliphatic rings. The van der Waals surface area contributed by atoms with E-state index in [1.165, 1.54) is 25.3 Å². The van der Waals surface area contributed by atoms with Gasteiger partial charge in [-0.2, -0.15) is 0 Å². The summed E-state index contributed by atoms with van der Waals surface area (Å²) in [6.07, 6.45) is -5.44. The molecule has 0 amide bonds. The van der Waals surface area contributed by atoms with E-state index in [1.807, 2.05) is 0 Å². The Morgan fingerprint density at radius 1 is 1.27 bits per heavy atom. The van der Waals surface area contributed by atoms with E-state index in [1.54, 1.807) is 19.1 Å². The van der Waals surface area contributed by atoms with Crippen molar-refractivity contribution in [3.63, 3.8) is 0 Å². The molecule has 1 aromatic carbocycles. The molecule has 13 nitrogen and oxygen atoms in total. The fourth-order valence-electron chi connectivity index (χ4n) is 3.42. The zero-order valence-corrected chi connectivity index (χ0v) is 17.7. The first-order valence-corrected chi connectivity index (χ1v) is 9.96. The van der Waals surface area contributed by atoms with Crippen LogP contribution in [-0.4, -0.2) is 62.4 Å². The van der Waals surface area contributed by atoms with Gasteiger partial charge >= 0.3 is 11.8 Å². The highest BCUT2D eigenvalue weighted by atomic mass is 16.7. The number of aromatic amines is 1. The first kappa shape index (κ1) is 24.1. The zero-order valence-electron chi connectivity index (χ0n) is 17.7. The number of H-pyrrole nitrogens is 1. The van der Waals surface area contributed by atoms with E-state index in [4.69, 9.17) is 14.2 Å². The van der Waals surface area contributed by atoms with Crippen molar-refractivity contribution in [1.82, 2.24) is 9.55 Å². The fourth-order valence-corrected chi connectivity index (χ4v) is 3.42. The van der Waals surface area contributed by atoms with Gasteiger partial charge in [0.2, 0.25) is 0 Å². The van der Waals surface area contributed by atoms with E-state index in [0.29, 0.717) is 5.56 Å². The zero-order chi connectivity index (χ0) is 24.3. The van der Waals surface area contributed by atoms with Crippen molar-refractivity contribution >= 4 is 11.8 Å². The van der Waals surface area contributed by atoms with Gasteiger partial charge < -0.3 is 24.4 Å². The highest BCUT2D eigenvalue weighted by molar-refractivity contribution is 5.60. The molecule has 1 fully saturated rings. The van der Waals surface area contributed by atoms with Crippen molar-refractivity contribution in [3.05, 3.63) is 72.5 Å². The van der Waals surface area contributed by atoms with Crippen LogP contribution in [0.15, 0.2) is 40.1 Å². The number of nitro groups is 1. The lowest BCUT2D eigenvalue weighted by molar-refractivity contribution is -0.385. The van der Waals surface area contributed by atoms with Gasteiger partial charge in [0.25, 0.3) is 11.2 Å². The summed E-state index contributed by atoms with van der Waals surface area (Å²) >= 11 is 0. The Morgan fingerprint density at radius 3 is 2.67 bits per heavy atom. The summed E-state index contributed by atoms with van der Waals surface area (Å²) in [5.41, 5.74) is -0.959. The number of nitrogens with zero attached hydrogens (tertiary/aromatic N) is 2. The smallest absolute Gasteiger partial charge is 0.434 e. The lowest BCUT2D eigenvalue weighted by atomic mass is 10.0. The Bertz CT molecular complexity index is 1140. The molecule has 2 aromatic rings. The quantitative estimate of drug-likeness (QED) is 0.292. The molecular formula is C20H23N3O10. The van der Waals surface area contributed by atoms with Crippen molar-refractivity contribution in [2.45, 2.75) is 44.3 Å². The third-order valence-electron chi connectivity index (χ3n) is 5.24. The Kier molecular flexibility index (Phi) is 7.26. The summed E-state index contributed by atoms with van der Waals surface area (Å²) in [4.78, 5) is 48.2. The predicted octanol–water partition coefficient (Wildman–Crippen LogP) is 0.329. The fraction of sp³-hybridized carbons (Fsp3) is 0.450. The topological polar surface area (TPSA) is 183 Å². The maximum Gasteiger partial charge on any atom is 0.508 e. The van der Waals surface area contributed by atoms with Gasteiger partial charge in [-0.05, 0) is 6.92 Å². The van der Waals surface area contributed by atoms with Crippen LogP contribution in [0.5, 0.6) is 0 Å². The first-order valence-electron chi connectivity index (χ1n) is 9.96. The summed E-state index contributed by atoms with van der Waals surface area (Å²) in [6, 6.07) is 6.07. The number of benzene rings is 1. The third-order valence-corrected chi connectivity index (χ3v) is 5.24. The number of aryl methyl sites for hydroxylation is 1. The van der Waals surface area contributed by atoms with Crippen molar-refractivity contribution in [2.75, 3.05) is 13.2 Å². The van der Waals surface area contributed by atoms with E-state index in [2.05, 4.69) is 4.98 Å². The number of aliphatic hydroxyl groups is 2. The van der Waals surface area contributed by atoms with Crippen molar-refractivity contribution in [2.24, 2.45) is 0 Å². The summed E-state index contributed by atoms with van der Waals surface area (Å²) in [5, 5.41) is 31.6. The molecule has 3 rings (SSSR count). The van der Waals surface area contributed by atoms with Gasteiger partial charge in [0.05, 0.1) is 4.92 Å². The highest BCUT2D eigenvalue weighted by Crippen LogP contribution is 2.29. The van der Waals surface area contributed by atoms with Crippen LogP contribution in [0.25, 0.3) is 0 Å². The molecule has 178 valence electrons. The molecule has 3 N–H and O–H groups in total. The molecule has 0 spiro atoms. The first-order chi connectivity index (χ1) is 15.6. The molecule has 33 heavy (non-hydrogen) atoms. The second kappa shape index (κ2) is 9.94. The number of carbonyl (C=O) groups is 1. The lowest BCUT2D eigenvalue weighted by Gasteiger charge is -2.17. The standard InChI is InChI=1S/C20H23N3O10/c1-10-7-22(19(27)21-17(10)26)18-16(25)15(24)14(33-18)9-32-20(28)31-8-11(2)12-5-3-4-6-13(12)23(29)30/h3-7,11,14-16,18,24-25H,8-9H2,1-2H3,(H,21,26,27)/t11?,14-,15?,16?,18-/m1/s1. The van der Waals surface area contributed by atoms with E-state index < -0.39 is 59.4 Å². The number of rotatable bonds is 7. The molecule has 0 bridgehead atoms. The van der Waals surface area contributed by atoms with Gasteiger partial charge in [-0.15, -0.1) is 0 Å². The Hall–Kier alpha value is -3.55. The minimum atomic E-state index is -1.53. The van der Waals surface area contributed by atoms with Crippen LogP contribution in [-0.2, 0) is 14.2 Å². The minimum absolute atomic E-state index is 0.0998. The largest absolute Gasteiger partial charge is 0.508 e. The molecule has 5 atom stereocenters. The lowest BCUT2D eigenvalue weighted by Crippen LogP contribution is -2.38. The minimum Gasteiger partial charge on any atom is -0.434 e. The third kappa shape index (κ3) is 5.27. The van der Waals surface area contributed by atoms with Gasteiger partial charge in [-0.3, -0.25) is 24.5 Å². The Balaban J connectivity index is 1.56. The molecular weight excluding hydrogens is 442 g/mol. The molecule has 0 aliphatic carbocycles. The van der Waals surface area contributed by atoms with Crippen LogP contribution in [0.2, 0.25) is 0 Å². The van der Waals surface area contributed by atoms with Crippen LogP contribution < -0.4 is 11.2 Å². The monoisotopic (exact) mass is 465 g/mol. The average Bonchev–Trinajstić information content (AvgIpc) is 3.06. The number of nitro benzene ring substituents is 1. The summed E-state index contributed by atoms with van der Waals surface area (Å²) in [6.45, 7) is 2.40. The maximum atomic E-state index is 12.0. The van der Waals surface area contributed by atoms with Crippen molar-refractivity contribution in [1.29, 1.82) is 0 Å². The number of aliphatic hydroxyl groups excluding tert-OH is 2. The van der Waals surface area contributed by atoms with Crippen LogP contribution in [0, 0.1) is 17.0 Å². The normalized spacial score (nSPS) is 23.2. The molecule has 2 heterocycles. The number of para-hydroxylation sites is 1. The molecule has 0 radical (unpaired) electrons. The van der Waals surface area contributed by atoms with E-state index >= 15 is 0 Å². The van der Waals surface area contributed by atoms with Gasteiger partial charge in [-0.1, -0.05) is 25.1 Å². The number of aromatic nitrogens is 2. The van der Waals surface area contributed by atoms with E-state index in [9.17, 15) is 34.7 Å². The van der Waals surface area contributed by atoms with Crippen LogP contribution >= 0.6 is 0 Å². The second-order valence-corrected chi connectivity index (χ2v) is 7.61. The molecule has 1 aliphatic heterocycles. The van der Waals surface area contributed by atoms with Gasteiger partial charge in [-0.25, -0.2) is 9.59 Å². The number of hydrogen-bond acceptors (Lipinski definition) is 10. The number of hydrogen-bond donors (Lipinski definition) is 3. The van der Waals surface area contributed by atoms with E-state index in [-0.39, 0.29) is 17.9 Å². The molecule has 0 saturated carbocycles. The second-order valence-electron chi connectivity index (χ2n) is 7.61. The van der Waals surface area contributed by atoms with Crippen LogP contribution in [0.1, 0.15) is 30.2 Å². The molecule has 1 aromatic heterocycles. The van der Waals surface area contributed by atoms with Crippen molar-refractivity contribution < 1.29 is 34.1 Å². The van der Waals surface area contributed by atoms with Crippen LogP contribution in [0.3, 0.4) is 0 Å². The highest BCUT2D eigenvalue weighted by Gasteiger charge is 2.44. The number of nitrogens with one attached hydrogen (secondary N) is 1. The van der Waals surface area contributed by atoms with Crippen LogP contribution in [0.4, 0.5) is 10.5 Å². The van der Waals surface area contributed by atoms with Gasteiger partial charge in [0.15, 0.2) is 6.23 Å². The summed E-state index contributed by atoms with van der Waals surface area (Å²) in [7, 11) is 0. The molecule has 3 unspecified atom stereocenters. The number of carbonyl (C=O) groups excluding carboxylic acids is 1. The average molecular weight is 465 g/mol.